The number of carbonyl (C=O) groups is 2. The molecule has 2 bridgehead atoms. The second kappa shape index (κ2) is 6.55. The molecule has 1 aromatic carbocycles. The summed E-state index contributed by atoms with van der Waals surface area (Å²) in [5.41, 5.74) is 8.24. The van der Waals surface area contributed by atoms with E-state index in [1.165, 1.54) is 11.3 Å². The molecule has 11 heteroatoms. The van der Waals surface area contributed by atoms with E-state index >= 15 is 0 Å². The highest BCUT2D eigenvalue weighted by molar-refractivity contribution is 7.80. The van der Waals surface area contributed by atoms with E-state index in [1.807, 2.05) is 37.3 Å². The number of nitrogens with zero attached hydrogens (tertiary/aromatic N) is 2. The highest BCUT2D eigenvalue weighted by Crippen LogP contribution is 2.49. The van der Waals surface area contributed by atoms with E-state index < -0.39 is 34.4 Å². The van der Waals surface area contributed by atoms with Gasteiger partial charge in [-0.2, -0.15) is 13.5 Å². The lowest BCUT2D eigenvalue weighted by Crippen LogP contribution is -2.41. The van der Waals surface area contributed by atoms with Crippen molar-refractivity contribution in [1.29, 1.82) is 0 Å². The second-order valence-electron chi connectivity index (χ2n) is 6.52. The van der Waals surface area contributed by atoms with Crippen LogP contribution in [0.4, 0.5) is 4.79 Å². The summed E-state index contributed by atoms with van der Waals surface area (Å²) in [5.74, 6) is -0.723. The van der Waals surface area contributed by atoms with E-state index in [0.717, 1.165) is 27.3 Å². The minimum absolute atomic E-state index is 0.0283. The van der Waals surface area contributed by atoms with Gasteiger partial charge >= 0.3 is 16.4 Å². The van der Waals surface area contributed by atoms with Crippen LogP contribution in [-0.4, -0.2) is 41.4 Å². The van der Waals surface area contributed by atoms with Crippen LogP contribution >= 0.6 is 11.3 Å². The molecule has 148 valence electrons. The Balaban J connectivity index is 1.85. The lowest BCUT2D eigenvalue weighted by atomic mass is 9.97. The summed E-state index contributed by atoms with van der Waals surface area (Å²) < 4.78 is 35.9. The standard InChI is InChI=1S/C17H17N3O6S2/c1-2-9-5-3-4-6-10(9)13-7-11-12-8-19(14(16(18)21)15(11)27-13)17(22)20(12)26-28(23,24)25/h3-7,12,14H,2,8H2,1H3,(H2,18,21)(H,23,24,25)/t12-,14+/m1/s1. The number of hydrogen-bond acceptors (Lipinski definition) is 6. The first-order valence-corrected chi connectivity index (χ1v) is 10.7. The van der Waals surface area contributed by atoms with E-state index in [0.29, 0.717) is 15.5 Å². The van der Waals surface area contributed by atoms with Gasteiger partial charge in [-0.1, -0.05) is 31.2 Å². The Morgan fingerprint density at radius 1 is 1.39 bits per heavy atom. The number of urea groups is 1. The van der Waals surface area contributed by atoms with Crippen LogP contribution in [0.1, 0.15) is 35.0 Å². The molecular weight excluding hydrogens is 406 g/mol. The van der Waals surface area contributed by atoms with Crippen molar-refractivity contribution in [3.05, 3.63) is 46.3 Å². The first kappa shape index (κ1) is 18.9. The zero-order valence-corrected chi connectivity index (χ0v) is 16.4. The maximum Gasteiger partial charge on any atom is 0.418 e. The summed E-state index contributed by atoms with van der Waals surface area (Å²) in [7, 11) is -4.91. The normalized spacial score (nSPS) is 21.1. The molecule has 0 spiro atoms. The fourth-order valence-corrected chi connectivity index (χ4v) is 5.51. The smallest absolute Gasteiger partial charge is 0.368 e. The monoisotopic (exact) mass is 423 g/mol. The van der Waals surface area contributed by atoms with Crippen LogP contribution in [-0.2, 0) is 25.9 Å². The number of aryl methyl sites for hydroxylation is 1. The third-order valence-electron chi connectivity index (χ3n) is 4.90. The molecule has 9 nitrogen and oxygen atoms in total. The molecule has 4 rings (SSSR count). The average Bonchev–Trinajstić information content (AvgIpc) is 3.17. The number of carbonyl (C=O) groups excluding carboxylic acids is 2. The Morgan fingerprint density at radius 2 is 2.11 bits per heavy atom. The number of hydroxylamine groups is 2. The lowest BCUT2D eigenvalue weighted by Gasteiger charge is -2.27. The van der Waals surface area contributed by atoms with Gasteiger partial charge in [-0.25, -0.2) is 4.79 Å². The molecule has 3 heterocycles. The Labute approximate surface area is 165 Å². The maximum absolute atomic E-state index is 12.5. The van der Waals surface area contributed by atoms with E-state index in [-0.39, 0.29) is 6.54 Å². The fraction of sp³-hybridized carbons (Fsp3) is 0.294. The molecule has 0 saturated carbocycles. The molecular formula is C17H17N3O6S2. The molecule has 0 unspecified atom stereocenters. The SMILES string of the molecule is CCc1ccccc1-c1cc2c(s1)[C@@H](C(N)=O)N1C[C@H]2N(OS(=O)(=O)O)C1=O. The minimum atomic E-state index is -4.91. The molecule has 1 aromatic heterocycles. The summed E-state index contributed by atoms with van der Waals surface area (Å²) in [4.78, 5) is 27.3. The van der Waals surface area contributed by atoms with Gasteiger partial charge in [0.05, 0.1) is 6.54 Å². The highest BCUT2D eigenvalue weighted by Gasteiger charge is 2.52. The number of nitrogens with two attached hydrogens (primary N) is 1. The van der Waals surface area contributed by atoms with Crippen LogP contribution in [0.15, 0.2) is 30.3 Å². The Bertz CT molecular complexity index is 1080. The van der Waals surface area contributed by atoms with Gasteiger partial charge in [0.2, 0.25) is 5.91 Å². The van der Waals surface area contributed by atoms with E-state index in [1.54, 1.807) is 0 Å². The van der Waals surface area contributed by atoms with Crippen LogP contribution in [0.3, 0.4) is 0 Å². The summed E-state index contributed by atoms with van der Waals surface area (Å²) >= 11 is 1.34. The molecule has 28 heavy (non-hydrogen) atoms. The predicted molar refractivity (Wildman–Crippen MR) is 100 cm³/mol. The minimum Gasteiger partial charge on any atom is -0.368 e. The number of benzene rings is 1. The van der Waals surface area contributed by atoms with Gasteiger partial charge in [0.25, 0.3) is 0 Å². The maximum atomic E-state index is 12.5. The van der Waals surface area contributed by atoms with Gasteiger partial charge in [0.15, 0.2) is 0 Å². The van der Waals surface area contributed by atoms with Crippen LogP contribution in [0.2, 0.25) is 0 Å². The first-order chi connectivity index (χ1) is 13.2. The molecule has 0 radical (unpaired) electrons. The van der Waals surface area contributed by atoms with Gasteiger partial charge in [-0.15, -0.1) is 15.6 Å². The molecule has 1 fully saturated rings. The van der Waals surface area contributed by atoms with E-state index in [4.69, 9.17) is 10.3 Å². The van der Waals surface area contributed by atoms with Gasteiger partial charge < -0.3 is 10.6 Å². The van der Waals surface area contributed by atoms with E-state index in [2.05, 4.69) is 4.28 Å². The molecule has 2 aromatic rings. The van der Waals surface area contributed by atoms with E-state index in [9.17, 15) is 18.0 Å². The summed E-state index contributed by atoms with van der Waals surface area (Å²) in [6.45, 7) is 2.06. The molecule has 2 aliphatic rings. The Hall–Kier alpha value is -2.47. The predicted octanol–water partition coefficient (Wildman–Crippen LogP) is 2.03. The average molecular weight is 423 g/mol. The van der Waals surface area contributed by atoms with Crippen LogP contribution in [0.25, 0.3) is 10.4 Å². The van der Waals surface area contributed by atoms with Crippen LogP contribution in [0, 0.1) is 0 Å². The van der Waals surface area contributed by atoms with Crippen LogP contribution in [0.5, 0.6) is 0 Å². The zero-order valence-electron chi connectivity index (χ0n) is 14.7. The number of rotatable bonds is 5. The van der Waals surface area contributed by atoms with Gasteiger partial charge in [-0.05, 0) is 29.2 Å². The van der Waals surface area contributed by atoms with Crippen molar-refractivity contribution in [3.8, 4) is 10.4 Å². The summed E-state index contributed by atoms with van der Waals surface area (Å²) in [6, 6.07) is 7.00. The topological polar surface area (TPSA) is 130 Å². The van der Waals surface area contributed by atoms with Gasteiger partial charge in [0, 0.05) is 9.75 Å². The summed E-state index contributed by atoms with van der Waals surface area (Å²) in [6.07, 6.45) is 0.810. The number of amides is 3. The lowest BCUT2D eigenvalue weighted by molar-refractivity contribution is -0.122. The molecule has 2 aliphatic heterocycles. The van der Waals surface area contributed by atoms with Crippen molar-refractivity contribution < 1.29 is 26.8 Å². The van der Waals surface area contributed by atoms with Crippen molar-refractivity contribution >= 4 is 33.7 Å². The van der Waals surface area contributed by atoms with Crippen molar-refractivity contribution in [2.75, 3.05) is 6.54 Å². The first-order valence-electron chi connectivity index (χ1n) is 8.49. The second-order valence-corrected chi connectivity index (χ2v) is 8.61. The van der Waals surface area contributed by atoms with Crippen molar-refractivity contribution in [2.24, 2.45) is 5.73 Å². The number of fused-ring (bicyclic) bond motifs is 4. The molecule has 3 N–H and O–H groups in total. The quantitative estimate of drug-likeness (QED) is 0.708. The molecule has 3 amide bonds. The zero-order chi connectivity index (χ0) is 20.2. The summed E-state index contributed by atoms with van der Waals surface area (Å²) in [5, 5.41) is 0.583. The van der Waals surface area contributed by atoms with Crippen molar-refractivity contribution in [1.82, 2.24) is 9.96 Å². The highest BCUT2D eigenvalue weighted by atomic mass is 32.3. The van der Waals surface area contributed by atoms with Gasteiger partial charge in [-0.3, -0.25) is 9.35 Å². The number of hydrogen-bond donors (Lipinski definition) is 2. The Kier molecular flexibility index (Phi) is 4.42. The third-order valence-corrected chi connectivity index (χ3v) is 6.49. The van der Waals surface area contributed by atoms with Crippen molar-refractivity contribution in [3.63, 3.8) is 0 Å². The molecule has 0 aliphatic carbocycles. The fourth-order valence-electron chi connectivity index (χ4n) is 3.74. The number of thiophene rings is 1. The third kappa shape index (κ3) is 2.96. The van der Waals surface area contributed by atoms with Crippen LogP contribution < -0.4 is 5.73 Å². The molecule has 2 atom stereocenters. The number of primary amides is 1. The Morgan fingerprint density at radius 3 is 2.75 bits per heavy atom. The van der Waals surface area contributed by atoms with Gasteiger partial charge in [0.1, 0.15) is 12.1 Å². The van der Waals surface area contributed by atoms with Crippen molar-refractivity contribution in [2.45, 2.75) is 25.4 Å². The molecule has 1 saturated heterocycles. The largest absolute Gasteiger partial charge is 0.418 e.